The van der Waals surface area contributed by atoms with Crippen molar-refractivity contribution in [3.63, 3.8) is 0 Å². The molecule has 6 nitrogen and oxygen atoms in total. The fourth-order valence-electron chi connectivity index (χ4n) is 3.30. The first kappa shape index (κ1) is 21.5. The first-order valence-electron chi connectivity index (χ1n) is 9.90. The Morgan fingerprint density at radius 3 is 2.68 bits per heavy atom. The molecule has 0 radical (unpaired) electrons. The number of ether oxygens (including phenoxy) is 1. The molecule has 1 fully saturated rings. The minimum absolute atomic E-state index is 0.0431. The van der Waals surface area contributed by atoms with Crippen LogP contribution in [0.2, 0.25) is 0 Å². The number of nitriles is 1. The lowest BCUT2D eigenvalue weighted by Crippen LogP contribution is -2.37. The Kier molecular flexibility index (Phi) is 8.06. The lowest BCUT2D eigenvalue weighted by atomic mass is 9.98. The summed E-state index contributed by atoms with van der Waals surface area (Å²) in [6.45, 7) is 7.30. The Bertz CT molecular complexity index is 749. The van der Waals surface area contributed by atoms with Crippen molar-refractivity contribution in [3.05, 3.63) is 47.2 Å². The van der Waals surface area contributed by atoms with Crippen molar-refractivity contribution in [2.24, 2.45) is 5.92 Å². The molecule has 6 heteroatoms. The predicted molar refractivity (Wildman–Crippen MR) is 107 cm³/mol. The number of esters is 1. The fourth-order valence-corrected chi connectivity index (χ4v) is 3.30. The summed E-state index contributed by atoms with van der Waals surface area (Å²) in [5.74, 6) is -0.843. The van der Waals surface area contributed by atoms with Gasteiger partial charge in [0.15, 0.2) is 0 Å². The van der Waals surface area contributed by atoms with Gasteiger partial charge >= 0.3 is 5.97 Å². The van der Waals surface area contributed by atoms with Crippen LogP contribution < -0.4 is 5.32 Å². The highest BCUT2D eigenvalue weighted by Gasteiger charge is 2.26. The summed E-state index contributed by atoms with van der Waals surface area (Å²) in [4.78, 5) is 26.4. The smallest absolute Gasteiger partial charge is 0.310 e. The second-order valence-corrected chi connectivity index (χ2v) is 7.03. The van der Waals surface area contributed by atoms with Gasteiger partial charge in [-0.3, -0.25) is 9.59 Å². The predicted octanol–water partition coefficient (Wildman–Crippen LogP) is 3.11. The molecule has 0 aliphatic carbocycles. The van der Waals surface area contributed by atoms with Gasteiger partial charge in [0, 0.05) is 19.3 Å². The van der Waals surface area contributed by atoms with Gasteiger partial charge in [-0.1, -0.05) is 31.2 Å². The zero-order valence-corrected chi connectivity index (χ0v) is 16.9. The van der Waals surface area contributed by atoms with Crippen LogP contribution in [-0.2, 0) is 20.7 Å². The molecular weight excluding hydrogens is 354 g/mol. The SMILES string of the molecule is CCOC(=O)C1CCCN(/C=C(/C#N)C(=O)NC(C)c2ccc(CC)cc2)C1. The van der Waals surface area contributed by atoms with Crippen LogP contribution in [0.15, 0.2) is 36.0 Å². The van der Waals surface area contributed by atoms with E-state index in [1.807, 2.05) is 42.2 Å². The standard InChI is InChI=1S/C22H29N3O3/c1-4-17-8-10-18(11-9-17)16(3)24-21(26)20(13-23)15-25-12-6-7-19(14-25)22(27)28-5-2/h8-11,15-16,19H,4-7,12,14H2,1-3H3,(H,24,26)/b20-15-. The topological polar surface area (TPSA) is 82.4 Å². The van der Waals surface area contributed by atoms with E-state index in [4.69, 9.17) is 4.74 Å². The molecule has 2 rings (SSSR count). The quantitative estimate of drug-likeness (QED) is 0.444. The van der Waals surface area contributed by atoms with Crippen molar-refractivity contribution in [2.75, 3.05) is 19.7 Å². The molecule has 1 aromatic carbocycles. The highest BCUT2D eigenvalue weighted by atomic mass is 16.5. The van der Waals surface area contributed by atoms with Gasteiger partial charge in [-0.15, -0.1) is 0 Å². The second kappa shape index (κ2) is 10.5. The Balaban J connectivity index is 2.01. The molecule has 1 aliphatic rings. The summed E-state index contributed by atoms with van der Waals surface area (Å²) >= 11 is 0. The molecule has 28 heavy (non-hydrogen) atoms. The van der Waals surface area contributed by atoms with Crippen LogP contribution in [0.4, 0.5) is 0 Å². The summed E-state index contributed by atoms with van der Waals surface area (Å²) < 4.78 is 5.10. The summed E-state index contributed by atoms with van der Waals surface area (Å²) in [5, 5.41) is 12.3. The van der Waals surface area contributed by atoms with Crippen LogP contribution in [0.25, 0.3) is 0 Å². The van der Waals surface area contributed by atoms with E-state index in [-0.39, 0.29) is 23.5 Å². The molecule has 2 atom stereocenters. The van der Waals surface area contributed by atoms with E-state index < -0.39 is 5.91 Å². The number of amides is 1. The van der Waals surface area contributed by atoms with Crippen molar-refractivity contribution in [3.8, 4) is 6.07 Å². The van der Waals surface area contributed by atoms with Crippen LogP contribution in [-0.4, -0.2) is 36.5 Å². The first-order valence-corrected chi connectivity index (χ1v) is 9.90. The Labute approximate surface area is 167 Å². The number of aryl methyl sites for hydroxylation is 1. The minimum atomic E-state index is -0.409. The summed E-state index contributed by atoms with van der Waals surface area (Å²) in [7, 11) is 0. The Morgan fingerprint density at radius 1 is 1.36 bits per heavy atom. The third-order valence-electron chi connectivity index (χ3n) is 4.99. The van der Waals surface area contributed by atoms with Gasteiger partial charge in [0.05, 0.1) is 18.6 Å². The van der Waals surface area contributed by atoms with E-state index in [2.05, 4.69) is 12.2 Å². The largest absolute Gasteiger partial charge is 0.466 e. The number of hydrogen-bond donors (Lipinski definition) is 1. The van der Waals surface area contributed by atoms with E-state index >= 15 is 0 Å². The number of carbonyl (C=O) groups is 2. The van der Waals surface area contributed by atoms with Gasteiger partial charge in [0.2, 0.25) is 0 Å². The van der Waals surface area contributed by atoms with E-state index in [0.717, 1.165) is 24.8 Å². The molecule has 1 heterocycles. The van der Waals surface area contributed by atoms with Crippen LogP contribution in [0, 0.1) is 17.2 Å². The number of nitrogens with zero attached hydrogens (tertiary/aromatic N) is 2. The zero-order chi connectivity index (χ0) is 20.5. The van der Waals surface area contributed by atoms with Crippen molar-refractivity contribution in [1.29, 1.82) is 5.26 Å². The Morgan fingerprint density at radius 2 is 2.07 bits per heavy atom. The van der Waals surface area contributed by atoms with Crippen LogP contribution in [0.3, 0.4) is 0 Å². The molecule has 2 unspecified atom stereocenters. The molecule has 0 bridgehead atoms. The molecule has 0 aromatic heterocycles. The molecule has 1 N–H and O–H groups in total. The number of likely N-dealkylation sites (tertiary alicyclic amines) is 1. The first-order chi connectivity index (χ1) is 13.5. The number of benzene rings is 1. The number of carbonyl (C=O) groups excluding carboxylic acids is 2. The van der Waals surface area contributed by atoms with Gasteiger partial charge in [0.1, 0.15) is 11.6 Å². The maximum atomic E-state index is 12.6. The van der Waals surface area contributed by atoms with Crippen LogP contribution in [0.1, 0.15) is 50.8 Å². The van der Waals surface area contributed by atoms with Gasteiger partial charge < -0.3 is 15.0 Å². The molecule has 1 aromatic rings. The average molecular weight is 383 g/mol. The number of hydrogen-bond acceptors (Lipinski definition) is 5. The van der Waals surface area contributed by atoms with Gasteiger partial charge in [-0.2, -0.15) is 5.26 Å². The monoisotopic (exact) mass is 383 g/mol. The van der Waals surface area contributed by atoms with E-state index in [1.54, 1.807) is 13.1 Å². The van der Waals surface area contributed by atoms with Gasteiger partial charge in [-0.05, 0) is 44.2 Å². The van der Waals surface area contributed by atoms with Crippen LogP contribution >= 0.6 is 0 Å². The molecule has 0 spiro atoms. The lowest BCUT2D eigenvalue weighted by Gasteiger charge is -2.30. The van der Waals surface area contributed by atoms with Crippen LogP contribution in [0.5, 0.6) is 0 Å². The van der Waals surface area contributed by atoms with Gasteiger partial charge in [0.25, 0.3) is 5.91 Å². The lowest BCUT2D eigenvalue weighted by molar-refractivity contribution is -0.149. The maximum absolute atomic E-state index is 12.6. The summed E-state index contributed by atoms with van der Waals surface area (Å²) in [5.41, 5.74) is 2.27. The molecule has 150 valence electrons. The third kappa shape index (κ3) is 5.85. The highest BCUT2D eigenvalue weighted by molar-refractivity contribution is 5.97. The number of rotatable bonds is 7. The Hall–Kier alpha value is -2.81. The maximum Gasteiger partial charge on any atom is 0.310 e. The number of piperidine rings is 1. The normalized spacial score (nSPS) is 18.1. The summed E-state index contributed by atoms with van der Waals surface area (Å²) in [6.07, 6.45) is 4.11. The van der Waals surface area contributed by atoms with Gasteiger partial charge in [-0.25, -0.2) is 0 Å². The minimum Gasteiger partial charge on any atom is -0.466 e. The average Bonchev–Trinajstić information content (AvgIpc) is 2.72. The van der Waals surface area contributed by atoms with Crippen molar-refractivity contribution in [1.82, 2.24) is 10.2 Å². The second-order valence-electron chi connectivity index (χ2n) is 7.03. The third-order valence-corrected chi connectivity index (χ3v) is 4.99. The zero-order valence-electron chi connectivity index (χ0n) is 16.9. The van der Waals surface area contributed by atoms with Crippen molar-refractivity contribution < 1.29 is 14.3 Å². The highest BCUT2D eigenvalue weighted by Crippen LogP contribution is 2.19. The molecule has 0 saturated carbocycles. The molecular formula is C22H29N3O3. The van der Waals surface area contributed by atoms with Crippen molar-refractivity contribution >= 4 is 11.9 Å². The number of nitrogens with one attached hydrogen (secondary N) is 1. The molecule has 1 saturated heterocycles. The fraction of sp³-hybridized carbons (Fsp3) is 0.500. The molecule has 1 aliphatic heterocycles. The molecule has 1 amide bonds. The summed E-state index contributed by atoms with van der Waals surface area (Å²) in [6, 6.07) is 9.86. The van der Waals surface area contributed by atoms with E-state index in [9.17, 15) is 14.9 Å². The van der Waals surface area contributed by atoms with Crippen molar-refractivity contribution in [2.45, 2.75) is 46.1 Å². The van der Waals surface area contributed by atoms with E-state index in [0.29, 0.717) is 19.7 Å². The van der Waals surface area contributed by atoms with E-state index in [1.165, 1.54) is 5.56 Å².